The Morgan fingerprint density at radius 1 is 0.958 bits per heavy atom. The summed E-state index contributed by atoms with van der Waals surface area (Å²) in [5, 5.41) is 0. The van der Waals surface area contributed by atoms with Crippen LogP contribution in [-0.4, -0.2) is 35.7 Å². The highest BCUT2D eigenvalue weighted by Gasteiger charge is 2.32. The Kier molecular flexibility index (Phi) is 4.78. The lowest BCUT2D eigenvalue weighted by molar-refractivity contribution is -0.132. The second-order valence-corrected chi connectivity index (χ2v) is 6.35. The van der Waals surface area contributed by atoms with Crippen molar-refractivity contribution >= 4 is 17.7 Å². The zero-order valence-electron chi connectivity index (χ0n) is 13.3. The lowest BCUT2D eigenvalue weighted by Crippen LogP contribution is -2.50. The van der Waals surface area contributed by atoms with Gasteiger partial charge >= 0.3 is 0 Å². The highest BCUT2D eigenvalue weighted by Crippen LogP contribution is 2.28. The number of hydrogen-bond donors (Lipinski definition) is 2. The molecule has 3 amide bonds. The molecule has 3 rings (SSSR count). The van der Waals surface area contributed by atoms with Crippen LogP contribution in [0.1, 0.15) is 36.0 Å². The Bertz CT molecular complexity index is 643. The van der Waals surface area contributed by atoms with Gasteiger partial charge in [0.1, 0.15) is 5.82 Å². The number of nitrogens with zero attached hydrogens (tertiary/aromatic N) is 1. The van der Waals surface area contributed by atoms with Gasteiger partial charge in [0.25, 0.3) is 5.91 Å². The van der Waals surface area contributed by atoms with Crippen molar-refractivity contribution in [3.63, 3.8) is 0 Å². The van der Waals surface area contributed by atoms with E-state index in [9.17, 15) is 18.8 Å². The van der Waals surface area contributed by atoms with Crippen LogP contribution < -0.4 is 10.9 Å². The molecule has 7 heteroatoms. The number of carbonyl (C=O) groups excluding carboxylic acids is 3. The standard InChI is InChI=1S/C17H20FN3O3/c18-14-7-5-12(6-8-14)17(24)21-9-1-2-13(10-21)16(23)20-19-15(22)11-3-4-11/h5-8,11,13H,1-4,9-10H2,(H,19,22)(H,20,23). The van der Waals surface area contributed by atoms with Crippen LogP contribution in [0.5, 0.6) is 0 Å². The van der Waals surface area contributed by atoms with E-state index >= 15 is 0 Å². The zero-order chi connectivity index (χ0) is 17.1. The Morgan fingerprint density at radius 3 is 2.21 bits per heavy atom. The lowest BCUT2D eigenvalue weighted by atomic mass is 9.96. The van der Waals surface area contributed by atoms with Gasteiger partial charge in [0.05, 0.1) is 5.92 Å². The first-order valence-corrected chi connectivity index (χ1v) is 8.19. The van der Waals surface area contributed by atoms with Crippen molar-refractivity contribution in [3.8, 4) is 0 Å². The molecule has 24 heavy (non-hydrogen) atoms. The molecule has 1 aromatic carbocycles. The van der Waals surface area contributed by atoms with Crippen molar-refractivity contribution in [1.82, 2.24) is 15.8 Å². The molecule has 1 saturated carbocycles. The van der Waals surface area contributed by atoms with Crippen LogP contribution >= 0.6 is 0 Å². The fraction of sp³-hybridized carbons (Fsp3) is 0.471. The molecule has 2 N–H and O–H groups in total. The van der Waals surface area contributed by atoms with Gasteiger partial charge in [-0.2, -0.15) is 0 Å². The predicted molar refractivity (Wildman–Crippen MR) is 84.0 cm³/mol. The first kappa shape index (κ1) is 16.4. The van der Waals surface area contributed by atoms with Crippen LogP contribution in [0.2, 0.25) is 0 Å². The van der Waals surface area contributed by atoms with E-state index in [-0.39, 0.29) is 29.6 Å². The number of halogens is 1. The SMILES string of the molecule is O=C(NNC(=O)C1CCCN(C(=O)c2ccc(F)cc2)C1)C1CC1. The van der Waals surface area contributed by atoms with Gasteiger partial charge in [-0.15, -0.1) is 0 Å². The molecule has 6 nitrogen and oxygen atoms in total. The van der Waals surface area contributed by atoms with Gasteiger partial charge in [-0.05, 0) is 49.9 Å². The van der Waals surface area contributed by atoms with E-state index in [2.05, 4.69) is 10.9 Å². The van der Waals surface area contributed by atoms with Crippen molar-refractivity contribution < 1.29 is 18.8 Å². The highest BCUT2D eigenvalue weighted by atomic mass is 19.1. The van der Waals surface area contributed by atoms with Crippen molar-refractivity contribution in [2.45, 2.75) is 25.7 Å². The first-order valence-electron chi connectivity index (χ1n) is 8.19. The number of hydrogen-bond acceptors (Lipinski definition) is 3. The van der Waals surface area contributed by atoms with Crippen molar-refractivity contribution in [3.05, 3.63) is 35.6 Å². The van der Waals surface area contributed by atoms with E-state index in [4.69, 9.17) is 0 Å². The van der Waals surface area contributed by atoms with Crippen molar-refractivity contribution in [2.75, 3.05) is 13.1 Å². The van der Waals surface area contributed by atoms with Crippen LogP contribution in [0.3, 0.4) is 0 Å². The molecule has 2 aliphatic rings. The minimum Gasteiger partial charge on any atom is -0.338 e. The molecule has 1 unspecified atom stereocenters. The van der Waals surface area contributed by atoms with E-state index < -0.39 is 5.82 Å². The van der Waals surface area contributed by atoms with Gasteiger partial charge in [-0.3, -0.25) is 25.2 Å². The fourth-order valence-corrected chi connectivity index (χ4v) is 2.82. The molecule has 0 bridgehead atoms. The number of rotatable bonds is 3. The van der Waals surface area contributed by atoms with Crippen LogP contribution in [0.15, 0.2) is 24.3 Å². The monoisotopic (exact) mass is 333 g/mol. The smallest absolute Gasteiger partial charge is 0.253 e. The molecule has 0 aromatic heterocycles. The summed E-state index contributed by atoms with van der Waals surface area (Å²) in [6.45, 7) is 0.857. The third kappa shape index (κ3) is 3.90. The van der Waals surface area contributed by atoms with Gasteiger partial charge in [0.15, 0.2) is 0 Å². The largest absolute Gasteiger partial charge is 0.338 e. The average molecular weight is 333 g/mol. The molecular weight excluding hydrogens is 313 g/mol. The van der Waals surface area contributed by atoms with E-state index in [0.29, 0.717) is 31.5 Å². The summed E-state index contributed by atoms with van der Waals surface area (Å²) in [4.78, 5) is 37.8. The number of amides is 3. The maximum Gasteiger partial charge on any atom is 0.253 e. The second kappa shape index (κ2) is 6.98. The van der Waals surface area contributed by atoms with Crippen LogP contribution in [-0.2, 0) is 9.59 Å². The van der Waals surface area contributed by atoms with Crippen LogP contribution in [0.25, 0.3) is 0 Å². The van der Waals surface area contributed by atoms with Gasteiger partial charge < -0.3 is 4.90 Å². The topological polar surface area (TPSA) is 78.5 Å². The van der Waals surface area contributed by atoms with E-state index in [1.54, 1.807) is 4.90 Å². The summed E-state index contributed by atoms with van der Waals surface area (Å²) in [5.74, 6) is -1.38. The third-order valence-corrected chi connectivity index (χ3v) is 4.43. The van der Waals surface area contributed by atoms with Gasteiger partial charge in [0, 0.05) is 24.6 Å². The summed E-state index contributed by atoms with van der Waals surface area (Å²) in [6.07, 6.45) is 3.11. The average Bonchev–Trinajstić information content (AvgIpc) is 3.44. The summed E-state index contributed by atoms with van der Waals surface area (Å²) >= 11 is 0. The molecule has 1 heterocycles. The molecule has 1 aliphatic carbocycles. The number of likely N-dealkylation sites (tertiary alicyclic amines) is 1. The molecule has 1 aliphatic heterocycles. The summed E-state index contributed by atoms with van der Waals surface area (Å²) in [7, 11) is 0. The Hall–Kier alpha value is -2.44. The minimum atomic E-state index is -0.395. The minimum absolute atomic E-state index is 0.0215. The van der Waals surface area contributed by atoms with E-state index in [0.717, 1.165) is 12.8 Å². The molecule has 128 valence electrons. The predicted octanol–water partition coefficient (Wildman–Crippen LogP) is 1.24. The zero-order valence-corrected chi connectivity index (χ0v) is 13.3. The van der Waals surface area contributed by atoms with Gasteiger partial charge in [0.2, 0.25) is 11.8 Å². The molecule has 1 aromatic rings. The summed E-state index contributed by atoms with van der Waals surface area (Å²) in [6, 6.07) is 5.37. The van der Waals surface area contributed by atoms with Crippen molar-refractivity contribution in [2.24, 2.45) is 11.8 Å². The number of benzene rings is 1. The first-order chi connectivity index (χ1) is 11.5. The van der Waals surface area contributed by atoms with E-state index in [1.807, 2.05) is 0 Å². The van der Waals surface area contributed by atoms with Crippen molar-refractivity contribution in [1.29, 1.82) is 0 Å². The second-order valence-electron chi connectivity index (χ2n) is 6.35. The molecule has 2 fully saturated rings. The van der Waals surface area contributed by atoms with Gasteiger partial charge in [-0.25, -0.2) is 4.39 Å². The number of hydrazine groups is 1. The third-order valence-electron chi connectivity index (χ3n) is 4.43. The summed E-state index contributed by atoms with van der Waals surface area (Å²) < 4.78 is 13.0. The number of nitrogens with one attached hydrogen (secondary N) is 2. The number of piperidine rings is 1. The maximum atomic E-state index is 13.0. The van der Waals surface area contributed by atoms with Crippen LogP contribution in [0, 0.1) is 17.7 Å². The molecule has 0 spiro atoms. The summed E-state index contributed by atoms with van der Waals surface area (Å²) in [5.41, 5.74) is 5.30. The normalized spacial score (nSPS) is 20.4. The quantitative estimate of drug-likeness (QED) is 0.817. The Morgan fingerprint density at radius 2 is 1.58 bits per heavy atom. The highest BCUT2D eigenvalue weighted by molar-refractivity contribution is 5.94. The fourth-order valence-electron chi connectivity index (χ4n) is 2.82. The van der Waals surface area contributed by atoms with Gasteiger partial charge in [-0.1, -0.05) is 0 Å². The Labute approximate surface area is 139 Å². The Balaban J connectivity index is 1.54. The maximum absolute atomic E-state index is 13.0. The molecule has 1 saturated heterocycles. The molecule has 0 radical (unpaired) electrons. The molecule has 1 atom stereocenters. The number of carbonyl (C=O) groups is 3. The van der Waals surface area contributed by atoms with E-state index in [1.165, 1.54) is 24.3 Å². The lowest BCUT2D eigenvalue weighted by Gasteiger charge is -2.32. The molecular formula is C17H20FN3O3. The van der Waals surface area contributed by atoms with Crippen LogP contribution in [0.4, 0.5) is 4.39 Å².